The van der Waals surface area contributed by atoms with Gasteiger partial charge in [-0.15, -0.1) is 0 Å². The number of fused-ring (bicyclic) bond motifs is 1. The third-order valence-electron chi connectivity index (χ3n) is 4.19. The molecule has 0 aliphatic rings. The number of rotatable bonds is 5. The number of benzene rings is 3. The van der Waals surface area contributed by atoms with Gasteiger partial charge in [0.05, 0.1) is 10.5 Å². The standard InChI is InChI=1S/C20H17FN2O5S/c1-12(19(24)23-18-8-4-6-13-5-2-3-7-15(13)18)28-20(25)16-11-14(29(22,26)27)9-10-17(16)21/h2-12H,1H3,(H,23,24)(H2,22,26,27)/t12-/m0/s1. The zero-order valence-electron chi connectivity index (χ0n) is 15.3. The van der Waals surface area contributed by atoms with Crippen LogP contribution in [0.1, 0.15) is 17.3 Å². The summed E-state index contributed by atoms with van der Waals surface area (Å²) in [5, 5.41) is 9.37. The number of esters is 1. The van der Waals surface area contributed by atoms with Crippen LogP contribution in [-0.2, 0) is 19.6 Å². The van der Waals surface area contributed by atoms with E-state index in [1.807, 2.05) is 30.3 Å². The molecule has 0 aliphatic carbocycles. The molecule has 0 saturated carbocycles. The molecule has 0 heterocycles. The van der Waals surface area contributed by atoms with Crippen LogP contribution in [-0.4, -0.2) is 26.4 Å². The van der Waals surface area contributed by atoms with Gasteiger partial charge in [-0.3, -0.25) is 4.79 Å². The minimum Gasteiger partial charge on any atom is -0.449 e. The molecule has 0 bridgehead atoms. The SMILES string of the molecule is C[C@H](OC(=O)c1cc(S(N)(=O)=O)ccc1F)C(=O)Nc1cccc2ccccc12. The van der Waals surface area contributed by atoms with Gasteiger partial charge in [0.2, 0.25) is 10.0 Å². The number of primary sulfonamides is 1. The Balaban J connectivity index is 1.77. The maximum absolute atomic E-state index is 13.9. The monoisotopic (exact) mass is 416 g/mol. The Morgan fingerprint density at radius 3 is 2.48 bits per heavy atom. The lowest BCUT2D eigenvalue weighted by Crippen LogP contribution is -2.30. The van der Waals surface area contributed by atoms with Crippen molar-refractivity contribution < 1.29 is 27.1 Å². The van der Waals surface area contributed by atoms with Crippen LogP contribution in [0.5, 0.6) is 0 Å². The van der Waals surface area contributed by atoms with E-state index in [4.69, 9.17) is 9.88 Å². The van der Waals surface area contributed by atoms with Crippen molar-refractivity contribution in [3.05, 3.63) is 72.0 Å². The molecule has 0 saturated heterocycles. The minimum absolute atomic E-state index is 0.446. The fraction of sp³-hybridized carbons (Fsp3) is 0.100. The summed E-state index contributed by atoms with van der Waals surface area (Å²) in [6.45, 7) is 1.32. The number of ether oxygens (including phenoxy) is 1. The van der Waals surface area contributed by atoms with Crippen LogP contribution in [0, 0.1) is 5.82 Å². The highest BCUT2D eigenvalue weighted by atomic mass is 32.2. The molecular weight excluding hydrogens is 399 g/mol. The van der Waals surface area contributed by atoms with E-state index in [9.17, 15) is 22.4 Å². The quantitative estimate of drug-likeness (QED) is 0.621. The molecule has 0 spiro atoms. The second-order valence-corrected chi connectivity index (χ2v) is 7.81. The molecule has 3 aromatic carbocycles. The molecule has 0 unspecified atom stereocenters. The van der Waals surface area contributed by atoms with E-state index >= 15 is 0 Å². The van der Waals surface area contributed by atoms with Gasteiger partial charge in [0, 0.05) is 11.1 Å². The first-order chi connectivity index (χ1) is 13.7. The van der Waals surface area contributed by atoms with Gasteiger partial charge in [0.1, 0.15) is 5.82 Å². The van der Waals surface area contributed by atoms with Crippen LogP contribution in [0.25, 0.3) is 10.8 Å². The van der Waals surface area contributed by atoms with E-state index < -0.39 is 44.3 Å². The van der Waals surface area contributed by atoms with Crippen molar-refractivity contribution >= 4 is 38.4 Å². The first-order valence-electron chi connectivity index (χ1n) is 8.49. The van der Waals surface area contributed by atoms with Gasteiger partial charge >= 0.3 is 5.97 Å². The largest absolute Gasteiger partial charge is 0.449 e. The molecule has 0 radical (unpaired) electrons. The Morgan fingerprint density at radius 2 is 1.76 bits per heavy atom. The predicted octanol–water partition coefficient (Wildman–Crippen LogP) is 2.81. The highest BCUT2D eigenvalue weighted by Crippen LogP contribution is 2.23. The number of amides is 1. The third-order valence-corrected chi connectivity index (χ3v) is 5.10. The lowest BCUT2D eigenvalue weighted by Gasteiger charge is -2.15. The number of carbonyl (C=O) groups is 2. The van der Waals surface area contributed by atoms with Crippen LogP contribution in [0.2, 0.25) is 0 Å². The number of hydrogen-bond donors (Lipinski definition) is 2. The number of hydrogen-bond acceptors (Lipinski definition) is 5. The van der Waals surface area contributed by atoms with Crippen molar-refractivity contribution in [2.45, 2.75) is 17.9 Å². The van der Waals surface area contributed by atoms with Crippen molar-refractivity contribution in [1.29, 1.82) is 0 Å². The maximum atomic E-state index is 13.9. The van der Waals surface area contributed by atoms with Gasteiger partial charge in [0.15, 0.2) is 6.10 Å². The average Bonchev–Trinajstić information content (AvgIpc) is 2.67. The maximum Gasteiger partial charge on any atom is 0.341 e. The van der Waals surface area contributed by atoms with Gasteiger partial charge < -0.3 is 10.1 Å². The smallest absolute Gasteiger partial charge is 0.341 e. The summed E-state index contributed by atoms with van der Waals surface area (Å²) in [5.74, 6) is -2.81. The summed E-state index contributed by atoms with van der Waals surface area (Å²) < 4.78 is 41.7. The second kappa shape index (κ2) is 7.98. The Kier molecular flexibility index (Phi) is 5.62. The van der Waals surface area contributed by atoms with Crippen LogP contribution < -0.4 is 10.5 Å². The Hall–Kier alpha value is -3.30. The fourth-order valence-corrected chi connectivity index (χ4v) is 3.22. The van der Waals surface area contributed by atoms with E-state index in [2.05, 4.69) is 5.32 Å². The molecule has 7 nitrogen and oxygen atoms in total. The van der Waals surface area contributed by atoms with Crippen LogP contribution in [0.15, 0.2) is 65.6 Å². The van der Waals surface area contributed by atoms with E-state index in [1.165, 1.54) is 6.92 Å². The van der Waals surface area contributed by atoms with Crippen molar-refractivity contribution in [1.82, 2.24) is 0 Å². The lowest BCUT2D eigenvalue weighted by atomic mass is 10.1. The summed E-state index contributed by atoms with van der Waals surface area (Å²) in [4.78, 5) is 24.2. The fourth-order valence-electron chi connectivity index (χ4n) is 2.68. The van der Waals surface area contributed by atoms with Crippen LogP contribution in [0.4, 0.5) is 10.1 Å². The second-order valence-electron chi connectivity index (χ2n) is 6.25. The Morgan fingerprint density at radius 1 is 1.07 bits per heavy atom. The number of anilines is 1. The lowest BCUT2D eigenvalue weighted by molar-refractivity contribution is -0.123. The number of nitrogens with one attached hydrogen (secondary N) is 1. The zero-order valence-corrected chi connectivity index (χ0v) is 16.1. The number of carbonyl (C=O) groups excluding carboxylic acids is 2. The van der Waals surface area contributed by atoms with Gasteiger partial charge in [-0.25, -0.2) is 22.7 Å². The van der Waals surface area contributed by atoms with Crippen LogP contribution in [0.3, 0.4) is 0 Å². The Labute approximate surface area is 166 Å². The summed E-state index contributed by atoms with van der Waals surface area (Å²) >= 11 is 0. The highest BCUT2D eigenvalue weighted by Gasteiger charge is 2.23. The molecule has 1 atom stereocenters. The first-order valence-corrected chi connectivity index (χ1v) is 10.0. The summed E-state index contributed by atoms with van der Waals surface area (Å²) in [7, 11) is -4.14. The molecule has 150 valence electrons. The van der Waals surface area contributed by atoms with Gasteiger partial charge in [0.25, 0.3) is 5.91 Å². The number of sulfonamides is 1. The summed E-state index contributed by atoms with van der Waals surface area (Å²) in [6.07, 6.45) is -1.26. The molecule has 9 heteroatoms. The molecule has 0 fully saturated rings. The molecule has 3 rings (SSSR count). The summed E-state index contributed by atoms with van der Waals surface area (Å²) in [5.41, 5.74) is -0.111. The van der Waals surface area contributed by atoms with Crippen molar-refractivity contribution in [2.24, 2.45) is 5.14 Å². The van der Waals surface area contributed by atoms with Crippen LogP contribution >= 0.6 is 0 Å². The van der Waals surface area contributed by atoms with Gasteiger partial charge in [-0.2, -0.15) is 0 Å². The zero-order chi connectivity index (χ0) is 21.2. The van der Waals surface area contributed by atoms with Crippen molar-refractivity contribution in [3.63, 3.8) is 0 Å². The topological polar surface area (TPSA) is 116 Å². The normalized spacial score (nSPS) is 12.4. The van der Waals surface area contributed by atoms with Gasteiger partial charge in [-0.1, -0.05) is 36.4 Å². The minimum atomic E-state index is -4.14. The molecule has 0 aliphatic heterocycles. The van der Waals surface area contributed by atoms with Crippen molar-refractivity contribution in [2.75, 3.05) is 5.32 Å². The van der Waals surface area contributed by atoms with E-state index in [-0.39, 0.29) is 0 Å². The van der Waals surface area contributed by atoms with Crippen molar-refractivity contribution in [3.8, 4) is 0 Å². The number of halogens is 1. The van der Waals surface area contributed by atoms with E-state index in [0.29, 0.717) is 5.69 Å². The number of nitrogens with two attached hydrogens (primary N) is 1. The van der Waals surface area contributed by atoms with E-state index in [1.54, 1.807) is 12.1 Å². The van der Waals surface area contributed by atoms with Gasteiger partial charge in [-0.05, 0) is 36.6 Å². The molecule has 29 heavy (non-hydrogen) atoms. The predicted molar refractivity (Wildman–Crippen MR) is 105 cm³/mol. The van der Waals surface area contributed by atoms with E-state index in [0.717, 1.165) is 29.0 Å². The molecule has 3 N–H and O–H groups in total. The average molecular weight is 416 g/mol. The molecule has 0 aromatic heterocycles. The summed E-state index contributed by atoms with van der Waals surface area (Å²) in [6, 6.07) is 15.2. The Bertz CT molecular complexity index is 1210. The first kappa shape index (κ1) is 20.4. The third kappa shape index (κ3) is 4.58. The molecule has 3 aromatic rings. The highest BCUT2D eigenvalue weighted by molar-refractivity contribution is 7.89. The molecular formula is C20H17FN2O5S. The molecule has 1 amide bonds.